The van der Waals surface area contributed by atoms with Gasteiger partial charge in [-0.1, -0.05) is 18.3 Å². The molecule has 0 bridgehead atoms. The summed E-state index contributed by atoms with van der Waals surface area (Å²) in [6.45, 7) is 5.21. The maximum absolute atomic E-state index is 11.6. The van der Waals surface area contributed by atoms with Crippen molar-refractivity contribution < 1.29 is 9.53 Å². The minimum absolute atomic E-state index is 0.282. The molecule has 5 heteroatoms. The molecule has 0 radical (unpaired) electrons. The first-order valence-electron chi connectivity index (χ1n) is 6.06. The lowest BCUT2D eigenvalue weighted by atomic mass is 10.2. The fraction of sp³-hybridized carbons (Fsp3) is 0.385. The molecule has 4 nitrogen and oxygen atoms in total. The first-order valence-corrected chi connectivity index (χ1v) is 6.87. The summed E-state index contributed by atoms with van der Waals surface area (Å²) >= 11 is 1.56. The molecule has 18 heavy (non-hydrogen) atoms. The van der Waals surface area contributed by atoms with Crippen LogP contribution in [0.25, 0.3) is 10.2 Å². The number of esters is 1. The van der Waals surface area contributed by atoms with Gasteiger partial charge in [-0.25, -0.2) is 9.78 Å². The van der Waals surface area contributed by atoms with Gasteiger partial charge in [0.15, 0.2) is 5.13 Å². The number of aromatic nitrogens is 1. The largest absolute Gasteiger partial charge is 0.462 e. The van der Waals surface area contributed by atoms with Gasteiger partial charge in [0.25, 0.3) is 0 Å². The predicted molar refractivity (Wildman–Crippen MR) is 74.4 cm³/mol. The zero-order valence-corrected chi connectivity index (χ0v) is 11.3. The molecule has 0 amide bonds. The first kappa shape index (κ1) is 12.8. The van der Waals surface area contributed by atoms with Crippen LogP contribution in [0.2, 0.25) is 0 Å². The molecule has 96 valence electrons. The van der Waals surface area contributed by atoms with E-state index in [2.05, 4.69) is 17.2 Å². The van der Waals surface area contributed by atoms with Gasteiger partial charge in [0.1, 0.15) is 0 Å². The van der Waals surface area contributed by atoms with Crippen LogP contribution in [-0.4, -0.2) is 24.1 Å². The highest BCUT2D eigenvalue weighted by Crippen LogP contribution is 2.26. The zero-order chi connectivity index (χ0) is 13.0. The third kappa shape index (κ3) is 2.79. The lowest BCUT2D eigenvalue weighted by molar-refractivity contribution is 0.0526. The summed E-state index contributed by atoms with van der Waals surface area (Å²) in [5.41, 5.74) is 1.49. The summed E-state index contributed by atoms with van der Waals surface area (Å²) in [6, 6.07) is 5.45. The van der Waals surface area contributed by atoms with Gasteiger partial charge in [-0.15, -0.1) is 0 Å². The van der Waals surface area contributed by atoms with Gasteiger partial charge in [-0.05, 0) is 31.5 Å². The Morgan fingerprint density at radius 1 is 1.44 bits per heavy atom. The van der Waals surface area contributed by atoms with Crippen LogP contribution >= 0.6 is 11.3 Å². The molecule has 0 aliphatic carbocycles. The van der Waals surface area contributed by atoms with Crippen molar-refractivity contribution in [2.75, 3.05) is 18.5 Å². The number of fused-ring (bicyclic) bond motifs is 1. The van der Waals surface area contributed by atoms with E-state index >= 15 is 0 Å². The van der Waals surface area contributed by atoms with Crippen LogP contribution < -0.4 is 5.32 Å². The van der Waals surface area contributed by atoms with Crippen LogP contribution in [0, 0.1) is 0 Å². The van der Waals surface area contributed by atoms with E-state index in [-0.39, 0.29) is 5.97 Å². The predicted octanol–water partition coefficient (Wildman–Crippen LogP) is 3.29. The van der Waals surface area contributed by atoms with Gasteiger partial charge in [0, 0.05) is 6.54 Å². The molecular weight excluding hydrogens is 248 g/mol. The Morgan fingerprint density at radius 3 is 3.00 bits per heavy atom. The third-order valence-electron chi connectivity index (χ3n) is 2.43. The number of anilines is 1. The molecule has 0 unspecified atom stereocenters. The maximum atomic E-state index is 11.6. The van der Waals surface area contributed by atoms with Gasteiger partial charge in [0.2, 0.25) is 0 Å². The Bertz CT molecular complexity index is 551. The highest BCUT2D eigenvalue weighted by Gasteiger charge is 2.09. The molecular formula is C13H16N2O2S. The monoisotopic (exact) mass is 264 g/mol. The van der Waals surface area contributed by atoms with Crippen LogP contribution in [0.1, 0.15) is 30.6 Å². The van der Waals surface area contributed by atoms with Gasteiger partial charge >= 0.3 is 5.97 Å². The number of nitrogens with one attached hydrogen (secondary N) is 1. The van der Waals surface area contributed by atoms with E-state index < -0.39 is 0 Å². The zero-order valence-electron chi connectivity index (χ0n) is 10.5. The molecule has 1 aromatic heterocycles. The van der Waals surface area contributed by atoms with Crippen molar-refractivity contribution in [3.8, 4) is 0 Å². The molecule has 0 saturated heterocycles. The lowest BCUT2D eigenvalue weighted by Gasteiger charge is -2.00. The smallest absolute Gasteiger partial charge is 0.338 e. The Hall–Kier alpha value is -1.62. The average Bonchev–Trinajstić information content (AvgIpc) is 2.78. The van der Waals surface area contributed by atoms with E-state index in [1.165, 1.54) is 0 Å². The molecule has 0 aliphatic heterocycles. The Kier molecular flexibility index (Phi) is 4.15. The number of carbonyl (C=O) groups excluding carboxylic acids is 1. The second-order valence-electron chi connectivity index (χ2n) is 3.85. The fourth-order valence-electron chi connectivity index (χ4n) is 1.57. The maximum Gasteiger partial charge on any atom is 0.338 e. The summed E-state index contributed by atoms with van der Waals surface area (Å²) < 4.78 is 5.98. The van der Waals surface area contributed by atoms with Crippen LogP contribution in [-0.2, 0) is 4.74 Å². The van der Waals surface area contributed by atoms with E-state index in [1.54, 1.807) is 24.3 Å². The van der Waals surface area contributed by atoms with E-state index in [9.17, 15) is 4.79 Å². The van der Waals surface area contributed by atoms with Crippen molar-refractivity contribution in [1.29, 1.82) is 0 Å². The van der Waals surface area contributed by atoms with Crippen molar-refractivity contribution in [2.45, 2.75) is 20.3 Å². The highest BCUT2D eigenvalue weighted by atomic mass is 32.1. The molecule has 0 atom stereocenters. The van der Waals surface area contributed by atoms with Crippen LogP contribution in [0.3, 0.4) is 0 Å². The number of rotatable bonds is 5. The number of hydrogen-bond acceptors (Lipinski definition) is 5. The van der Waals surface area contributed by atoms with Crippen molar-refractivity contribution in [1.82, 2.24) is 4.98 Å². The number of hydrogen-bond donors (Lipinski definition) is 1. The van der Waals surface area contributed by atoms with Crippen LogP contribution in [0.15, 0.2) is 18.2 Å². The standard InChI is InChI=1S/C13H16N2O2S/c1-3-7-14-13-15-10-6-5-9(8-11(10)18-13)12(16)17-4-2/h5-6,8H,3-4,7H2,1-2H3,(H,14,15). The summed E-state index contributed by atoms with van der Waals surface area (Å²) in [4.78, 5) is 16.1. The van der Waals surface area contributed by atoms with E-state index in [4.69, 9.17) is 4.74 Å². The molecule has 1 N–H and O–H groups in total. The molecule has 2 aromatic rings. The van der Waals surface area contributed by atoms with Crippen LogP contribution in [0.5, 0.6) is 0 Å². The Morgan fingerprint density at radius 2 is 2.28 bits per heavy atom. The molecule has 0 saturated carbocycles. The van der Waals surface area contributed by atoms with Gasteiger partial charge < -0.3 is 10.1 Å². The van der Waals surface area contributed by atoms with E-state index in [0.717, 1.165) is 28.3 Å². The summed E-state index contributed by atoms with van der Waals surface area (Å²) in [6.07, 6.45) is 1.06. The second kappa shape index (κ2) is 5.82. The van der Waals surface area contributed by atoms with E-state index in [1.807, 2.05) is 12.1 Å². The number of carbonyl (C=O) groups is 1. The van der Waals surface area contributed by atoms with Gasteiger partial charge in [-0.3, -0.25) is 0 Å². The second-order valence-corrected chi connectivity index (χ2v) is 4.88. The first-order chi connectivity index (χ1) is 8.74. The summed E-state index contributed by atoms with van der Waals surface area (Å²) in [5, 5.41) is 4.14. The molecule has 2 rings (SSSR count). The number of thiazole rings is 1. The Labute approximate surface area is 110 Å². The highest BCUT2D eigenvalue weighted by molar-refractivity contribution is 7.22. The third-order valence-corrected chi connectivity index (χ3v) is 3.40. The summed E-state index contributed by atoms with van der Waals surface area (Å²) in [5.74, 6) is -0.282. The molecule has 0 fully saturated rings. The SMILES string of the molecule is CCCNc1nc2ccc(C(=O)OCC)cc2s1. The average molecular weight is 264 g/mol. The van der Waals surface area contributed by atoms with Gasteiger partial charge in [-0.2, -0.15) is 0 Å². The fourth-order valence-corrected chi connectivity index (χ4v) is 2.50. The lowest BCUT2D eigenvalue weighted by Crippen LogP contribution is -2.03. The van der Waals surface area contributed by atoms with E-state index in [0.29, 0.717) is 12.2 Å². The molecule has 0 spiro atoms. The topological polar surface area (TPSA) is 51.2 Å². The minimum Gasteiger partial charge on any atom is -0.462 e. The number of nitrogens with zero attached hydrogens (tertiary/aromatic N) is 1. The number of benzene rings is 1. The quantitative estimate of drug-likeness (QED) is 0.842. The van der Waals surface area contributed by atoms with Crippen molar-refractivity contribution in [3.63, 3.8) is 0 Å². The molecule has 0 aliphatic rings. The number of ether oxygens (including phenoxy) is 1. The Balaban J connectivity index is 2.25. The summed E-state index contributed by atoms with van der Waals surface area (Å²) in [7, 11) is 0. The van der Waals surface area contributed by atoms with Crippen molar-refractivity contribution in [2.24, 2.45) is 0 Å². The molecule has 1 heterocycles. The normalized spacial score (nSPS) is 10.6. The van der Waals surface area contributed by atoms with Gasteiger partial charge in [0.05, 0.1) is 22.4 Å². The molecule has 1 aromatic carbocycles. The van der Waals surface area contributed by atoms with Crippen molar-refractivity contribution >= 4 is 32.7 Å². The van der Waals surface area contributed by atoms with Crippen LogP contribution in [0.4, 0.5) is 5.13 Å². The minimum atomic E-state index is -0.282. The van der Waals surface area contributed by atoms with Crippen molar-refractivity contribution in [3.05, 3.63) is 23.8 Å².